The Kier molecular flexibility index (Phi) is 10.7. The number of amides is 2. The molecule has 8 heteroatoms. The standard InChI is InChI=1S/C31H36Cl2N2O4/c1-31(2,3)34-30(37)26(18-21-10-7-6-8-11-21)35(20-23-24(32)12-9-13-25(23)33)29(36)17-15-22-14-16-27(38-4)28(19-22)39-5/h6-14,16,19,26H,15,17-18,20H2,1-5H3,(H,34,37)/t26-/m1/s1. The maximum Gasteiger partial charge on any atom is 0.243 e. The molecule has 2 amide bonds. The maximum absolute atomic E-state index is 13.9. The van der Waals surface area contributed by atoms with Crippen molar-refractivity contribution < 1.29 is 19.1 Å². The van der Waals surface area contributed by atoms with Crippen LogP contribution in [0.1, 0.15) is 43.9 Å². The Morgan fingerprint density at radius 2 is 1.51 bits per heavy atom. The van der Waals surface area contributed by atoms with Gasteiger partial charge in [-0.05, 0) is 62.6 Å². The van der Waals surface area contributed by atoms with Gasteiger partial charge in [-0.3, -0.25) is 9.59 Å². The van der Waals surface area contributed by atoms with Gasteiger partial charge in [0.05, 0.1) is 14.2 Å². The van der Waals surface area contributed by atoms with Gasteiger partial charge in [0, 0.05) is 40.5 Å². The van der Waals surface area contributed by atoms with E-state index in [2.05, 4.69) is 5.32 Å². The van der Waals surface area contributed by atoms with E-state index in [-0.39, 0.29) is 24.8 Å². The van der Waals surface area contributed by atoms with Crippen LogP contribution < -0.4 is 14.8 Å². The summed E-state index contributed by atoms with van der Waals surface area (Å²) in [6.07, 6.45) is 0.962. The highest BCUT2D eigenvalue weighted by Gasteiger charge is 2.32. The van der Waals surface area contributed by atoms with Gasteiger partial charge in [0.15, 0.2) is 11.5 Å². The second kappa shape index (κ2) is 13.7. The maximum atomic E-state index is 13.9. The molecule has 0 fully saturated rings. The molecule has 1 N–H and O–H groups in total. The molecule has 0 aromatic heterocycles. The van der Waals surface area contributed by atoms with Gasteiger partial charge >= 0.3 is 0 Å². The van der Waals surface area contributed by atoms with Crippen molar-refractivity contribution in [3.63, 3.8) is 0 Å². The first kappa shape index (κ1) is 30.3. The predicted molar refractivity (Wildman–Crippen MR) is 157 cm³/mol. The van der Waals surface area contributed by atoms with Crippen LogP contribution in [0.5, 0.6) is 11.5 Å². The number of carbonyl (C=O) groups is 2. The molecule has 0 aliphatic rings. The van der Waals surface area contributed by atoms with E-state index in [0.717, 1.165) is 11.1 Å². The average Bonchev–Trinajstić information content (AvgIpc) is 2.90. The molecule has 0 saturated heterocycles. The van der Waals surface area contributed by atoms with Gasteiger partial charge in [0.2, 0.25) is 11.8 Å². The van der Waals surface area contributed by atoms with Gasteiger partial charge in [-0.1, -0.05) is 65.7 Å². The number of nitrogens with one attached hydrogen (secondary N) is 1. The zero-order valence-electron chi connectivity index (χ0n) is 23.1. The van der Waals surface area contributed by atoms with Gasteiger partial charge in [0.1, 0.15) is 6.04 Å². The first-order valence-electron chi connectivity index (χ1n) is 12.8. The zero-order valence-corrected chi connectivity index (χ0v) is 24.6. The molecule has 0 heterocycles. The lowest BCUT2D eigenvalue weighted by atomic mass is 9.99. The minimum atomic E-state index is -0.781. The summed E-state index contributed by atoms with van der Waals surface area (Å²) < 4.78 is 10.7. The van der Waals surface area contributed by atoms with Crippen molar-refractivity contribution in [3.8, 4) is 11.5 Å². The minimum absolute atomic E-state index is 0.0956. The van der Waals surface area contributed by atoms with Gasteiger partial charge in [-0.2, -0.15) is 0 Å². The molecule has 0 spiro atoms. The summed E-state index contributed by atoms with van der Waals surface area (Å²) in [5, 5.41) is 3.94. The number of benzene rings is 3. The van der Waals surface area contributed by atoms with E-state index in [1.165, 1.54) is 0 Å². The van der Waals surface area contributed by atoms with Crippen LogP contribution in [0.25, 0.3) is 0 Å². The molecule has 0 saturated carbocycles. The molecule has 6 nitrogen and oxygen atoms in total. The van der Waals surface area contributed by atoms with E-state index in [1.54, 1.807) is 37.3 Å². The minimum Gasteiger partial charge on any atom is -0.493 e. The van der Waals surface area contributed by atoms with Gasteiger partial charge in [0.25, 0.3) is 0 Å². The molecule has 208 valence electrons. The van der Waals surface area contributed by atoms with Crippen molar-refractivity contribution in [2.45, 2.75) is 58.2 Å². The fourth-order valence-electron chi connectivity index (χ4n) is 4.29. The lowest BCUT2D eigenvalue weighted by molar-refractivity contribution is -0.141. The zero-order chi connectivity index (χ0) is 28.6. The van der Waals surface area contributed by atoms with Gasteiger partial charge in [-0.25, -0.2) is 0 Å². The lowest BCUT2D eigenvalue weighted by Crippen LogP contribution is -2.54. The monoisotopic (exact) mass is 570 g/mol. The number of hydrogen-bond acceptors (Lipinski definition) is 4. The predicted octanol–water partition coefficient (Wildman–Crippen LogP) is 6.50. The van der Waals surface area contributed by atoms with Crippen molar-refractivity contribution in [2.24, 2.45) is 0 Å². The van der Waals surface area contributed by atoms with Crippen molar-refractivity contribution in [1.29, 1.82) is 0 Å². The van der Waals surface area contributed by atoms with Crippen molar-refractivity contribution in [2.75, 3.05) is 14.2 Å². The highest BCUT2D eigenvalue weighted by molar-refractivity contribution is 6.36. The molecule has 39 heavy (non-hydrogen) atoms. The molecule has 0 bridgehead atoms. The molecular formula is C31H36Cl2N2O4. The number of carbonyl (C=O) groups excluding carboxylic acids is 2. The number of hydrogen-bond donors (Lipinski definition) is 1. The summed E-state index contributed by atoms with van der Waals surface area (Å²) >= 11 is 13.0. The van der Waals surface area contributed by atoms with Crippen molar-refractivity contribution in [1.82, 2.24) is 10.2 Å². The summed E-state index contributed by atoms with van der Waals surface area (Å²) in [6.45, 7) is 5.84. The molecule has 1 atom stereocenters. The normalized spacial score (nSPS) is 12.0. The molecular weight excluding hydrogens is 535 g/mol. The second-order valence-corrected chi connectivity index (χ2v) is 11.2. The number of halogens is 2. The lowest BCUT2D eigenvalue weighted by Gasteiger charge is -2.34. The fraction of sp³-hybridized carbons (Fsp3) is 0.355. The first-order valence-corrected chi connectivity index (χ1v) is 13.6. The molecule has 0 radical (unpaired) electrons. The number of nitrogens with zero attached hydrogens (tertiary/aromatic N) is 1. The van der Waals surface area contributed by atoms with E-state index >= 15 is 0 Å². The number of ether oxygens (including phenoxy) is 2. The van der Waals surface area contributed by atoms with E-state index in [1.807, 2.05) is 69.3 Å². The molecule has 0 aliphatic heterocycles. The summed E-state index contributed by atoms with van der Waals surface area (Å²) in [6, 6.07) is 19.7. The van der Waals surface area contributed by atoms with Crippen LogP contribution in [0, 0.1) is 0 Å². The van der Waals surface area contributed by atoms with Crippen LogP contribution in [0.15, 0.2) is 66.7 Å². The average molecular weight is 572 g/mol. The molecule has 3 rings (SSSR count). The number of rotatable bonds is 11. The topological polar surface area (TPSA) is 67.9 Å². The van der Waals surface area contributed by atoms with Crippen LogP contribution in [-0.4, -0.2) is 42.5 Å². The van der Waals surface area contributed by atoms with Crippen LogP contribution in [0.4, 0.5) is 0 Å². The highest BCUT2D eigenvalue weighted by atomic mass is 35.5. The van der Waals surface area contributed by atoms with Crippen molar-refractivity contribution >= 4 is 35.0 Å². The number of aryl methyl sites for hydroxylation is 1. The molecule has 3 aromatic carbocycles. The van der Waals surface area contributed by atoms with E-state index < -0.39 is 11.6 Å². The fourth-order valence-corrected chi connectivity index (χ4v) is 4.81. The summed E-state index contributed by atoms with van der Waals surface area (Å²) in [5.41, 5.74) is 1.97. The third-order valence-electron chi connectivity index (χ3n) is 6.23. The third-order valence-corrected chi connectivity index (χ3v) is 6.94. The van der Waals surface area contributed by atoms with E-state index in [0.29, 0.717) is 39.9 Å². The van der Waals surface area contributed by atoms with Crippen LogP contribution in [-0.2, 0) is 29.0 Å². The molecule has 0 unspecified atom stereocenters. The highest BCUT2D eigenvalue weighted by Crippen LogP contribution is 2.30. The Balaban J connectivity index is 1.97. The first-order chi connectivity index (χ1) is 18.5. The second-order valence-electron chi connectivity index (χ2n) is 10.4. The van der Waals surface area contributed by atoms with Gasteiger partial charge < -0.3 is 19.7 Å². The van der Waals surface area contributed by atoms with E-state index in [4.69, 9.17) is 32.7 Å². The van der Waals surface area contributed by atoms with Crippen LogP contribution >= 0.6 is 23.2 Å². The Morgan fingerprint density at radius 3 is 2.10 bits per heavy atom. The van der Waals surface area contributed by atoms with Crippen LogP contribution in [0.3, 0.4) is 0 Å². The smallest absolute Gasteiger partial charge is 0.243 e. The largest absolute Gasteiger partial charge is 0.493 e. The van der Waals surface area contributed by atoms with Gasteiger partial charge in [-0.15, -0.1) is 0 Å². The third kappa shape index (κ3) is 8.64. The molecule has 0 aliphatic carbocycles. The summed E-state index contributed by atoms with van der Waals surface area (Å²) in [5.74, 6) is 0.776. The summed E-state index contributed by atoms with van der Waals surface area (Å²) in [4.78, 5) is 29.2. The Labute approximate surface area is 241 Å². The SMILES string of the molecule is COc1ccc(CCC(=O)N(Cc2c(Cl)cccc2Cl)[C@H](Cc2ccccc2)C(=O)NC(C)(C)C)cc1OC. The quantitative estimate of drug-likeness (QED) is 0.286. The summed E-state index contributed by atoms with van der Waals surface area (Å²) in [7, 11) is 3.15. The van der Waals surface area contributed by atoms with Crippen molar-refractivity contribution in [3.05, 3.63) is 93.5 Å². The Bertz CT molecular complexity index is 1260. The van der Waals surface area contributed by atoms with E-state index in [9.17, 15) is 9.59 Å². The number of methoxy groups -OCH3 is 2. The Morgan fingerprint density at radius 1 is 0.872 bits per heavy atom. The Hall–Kier alpha value is -3.22. The van der Waals surface area contributed by atoms with Crippen LogP contribution in [0.2, 0.25) is 10.0 Å². The molecule has 3 aromatic rings.